The van der Waals surface area contributed by atoms with Crippen molar-refractivity contribution < 1.29 is 9.18 Å². The summed E-state index contributed by atoms with van der Waals surface area (Å²) in [7, 11) is 0. The third-order valence-electron chi connectivity index (χ3n) is 5.93. The maximum absolute atomic E-state index is 14.2. The van der Waals surface area contributed by atoms with Gasteiger partial charge in [0.15, 0.2) is 5.65 Å². The Bertz CT molecular complexity index is 1110. The molecule has 2 aliphatic rings. The Morgan fingerprint density at radius 2 is 2.13 bits per heavy atom. The Morgan fingerprint density at radius 3 is 2.97 bits per heavy atom. The van der Waals surface area contributed by atoms with Crippen LogP contribution in [-0.4, -0.2) is 49.6 Å². The molecule has 1 amide bonds. The van der Waals surface area contributed by atoms with Crippen molar-refractivity contribution in [3.05, 3.63) is 53.4 Å². The van der Waals surface area contributed by atoms with E-state index >= 15 is 0 Å². The highest BCUT2D eigenvalue weighted by atomic mass is 19.1. The molecule has 2 aliphatic heterocycles. The molecule has 1 atom stereocenters. The van der Waals surface area contributed by atoms with E-state index in [9.17, 15) is 9.18 Å². The second kappa shape index (κ2) is 7.32. The van der Waals surface area contributed by atoms with Gasteiger partial charge in [0, 0.05) is 37.4 Å². The van der Waals surface area contributed by atoms with E-state index in [1.165, 1.54) is 6.20 Å². The predicted molar refractivity (Wildman–Crippen MR) is 110 cm³/mol. The molecule has 1 unspecified atom stereocenters. The fourth-order valence-electron chi connectivity index (χ4n) is 4.38. The molecule has 0 aromatic carbocycles. The molecule has 5 rings (SSSR count). The number of carbonyl (C=O) groups excluding carboxylic acids is 1. The van der Waals surface area contributed by atoms with Gasteiger partial charge in [-0.25, -0.2) is 18.9 Å². The summed E-state index contributed by atoms with van der Waals surface area (Å²) in [5.41, 5.74) is 5.69. The summed E-state index contributed by atoms with van der Waals surface area (Å²) in [5, 5.41) is 6.17. The maximum Gasteiger partial charge on any atom is 0.271 e. The fraction of sp³-hybridized carbons (Fsp3) is 0.429. The minimum Gasteiger partial charge on any atom is -0.349 e. The van der Waals surface area contributed by atoms with Crippen LogP contribution in [0.3, 0.4) is 0 Å². The molecule has 0 aliphatic carbocycles. The number of nitrogens with zero attached hydrogens (tertiary/aromatic N) is 6. The molecule has 0 spiro atoms. The van der Waals surface area contributed by atoms with Crippen molar-refractivity contribution in [1.29, 1.82) is 0 Å². The average molecular weight is 409 g/mol. The number of nitrogens with one attached hydrogen (secondary N) is 1. The number of rotatable bonds is 1. The maximum atomic E-state index is 14.2. The number of hydrogen-bond acceptors (Lipinski definition) is 6. The minimum absolute atomic E-state index is 0.00133. The molecule has 0 radical (unpaired) electrons. The van der Waals surface area contributed by atoms with Gasteiger partial charge in [-0.2, -0.15) is 5.10 Å². The zero-order valence-electron chi connectivity index (χ0n) is 17.0. The molecule has 30 heavy (non-hydrogen) atoms. The van der Waals surface area contributed by atoms with Crippen LogP contribution in [-0.2, 0) is 6.42 Å². The van der Waals surface area contributed by atoms with Gasteiger partial charge >= 0.3 is 0 Å². The summed E-state index contributed by atoms with van der Waals surface area (Å²) in [6.07, 6.45) is 7.13. The first kappa shape index (κ1) is 18.9. The van der Waals surface area contributed by atoms with Crippen molar-refractivity contribution in [3.8, 4) is 0 Å². The molecule has 3 aromatic heterocycles. The van der Waals surface area contributed by atoms with Gasteiger partial charge in [-0.1, -0.05) is 0 Å². The van der Waals surface area contributed by atoms with Crippen molar-refractivity contribution >= 4 is 17.4 Å². The van der Waals surface area contributed by atoms with E-state index in [0.717, 1.165) is 36.5 Å². The van der Waals surface area contributed by atoms with Gasteiger partial charge in [0.05, 0.1) is 18.4 Å². The predicted octanol–water partition coefficient (Wildman–Crippen LogP) is 2.52. The molecule has 1 fully saturated rings. The van der Waals surface area contributed by atoms with E-state index in [-0.39, 0.29) is 23.8 Å². The zero-order valence-corrected chi connectivity index (χ0v) is 17.0. The lowest BCUT2D eigenvalue weighted by molar-refractivity contribution is 0.0727. The molecule has 9 heteroatoms. The van der Waals surface area contributed by atoms with Gasteiger partial charge < -0.3 is 4.90 Å². The molecule has 156 valence electrons. The summed E-state index contributed by atoms with van der Waals surface area (Å²) >= 11 is 0. The number of aromatic nitrogens is 4. The smallest absolute Gasteiger partial charge is 0.271 e. The number of amides is 1. The van der Waals surface area contributed by atoms with E-state index in [4.69, 9.17) is 4.98 Å². The Kier molecular flexibility index (Phi) is 4.62. The van der Waals surface area contributed by atoms with Gasteiger partial charge in [0.25, 0.3) is 5.91 Å². The van der Waals surface area contributed by atoms with Crippen LogP contribution >= 0.6 is 0 Å². The number of fused-ring (bicyclic) bond motifs is 5. The first-order valence-electron chi connectivity index (χ1n) is 10.3. The summed E-state index contributed by atoms with van der Waals surface area (Å²) in [6.45, 7) is 5.42. The third-order valence-corrected chi connectivity index (χ3v) is 5.93. The first-order chi connectivity index (χ1) is 14.5. The topological polar surface area (TPSA) is 78.7 Å². The van der Waals surface area contributed by atoms with Gasteiger partial charge in [-0.15, -0.1) is 0 Å². The Morgan fingerprint density at radius 1 is 1.27 bits per heavy atom. The fourth-order valence-corrected chi connectivity index (χ4v) is 4.38. The minimum atomic E-state index is -0.333. The third kappa shape index (κ3) is 3.19. The number of hydrazine groups is 1. The molecule has 3 aromatic rings. The quantitative estimate of drug-likeness (QED) is 0.665. The Balaban J connectivity index is 1.68. The zero-order chi connectivity index (χ0) is 20.8. The van der Waals surface area contributed by atoms with E-state index in [2.05, 4.69) is 20.4 Å². The van der Waals surface area contributed by atoms with Crippen molar-refractivity contribution in [2.75, 3.05) is 18.0 Å². The molecule has 0 saturated carbocycles. The lowest BCUT2D eigenvalue weighted by Crippen LogP contribution is -2.47. The second-order valence-electron chi connectivity index (χ2n) is 8.13. The standard InChI is InChI=1S/C21H24FN7O/c1-13(2)28-8-5-17-15(10-14(22)11-23-17)18-4-3-7-27(18)19-6-9-29-20(25-19)16(12-24-29)21(30)26-28/h6,9-13,18H,3-5,7-8H2,1-2H3,(H,26,30). The largest absolute Gasteiger partial charge is 0.349 e. The molecule has 1 saturated heterocycles. The van der Waals surface area contributed by atoms with Gasteiger partial charge in [0.1, 0.15) is 17.2 Å². The number of halogens is 1. The van der Waals surface area contributed by atoms with Crippen LogP contribution in [0.15, 0.2) is 30.7 Å². The van der Waals surface area contributed by atoms with Crippen LogP contribution in [0.25, 0.3) is 5.65 Å². The van der Waals surface area contributed by atoms with Crippen LogP contribution in [0, 0.1) is 5.82 Å². The molecular formula is C21H24FN7O. The highest BCUT2D eigenvalue weighted by molar-refractivity contribution is 5.99. The highest BCUT2D eigenvalue weighted by Gasteiger charge is 2.31. The van der Waals surface area contributed by atoms with Crippen molar-refractivity contribution in [1.82, 2.24) is 30.0 Å². The average Bonchev–Trinajstić information content (AvgIpc) is 3.37. The molecular weight excluding hydrogens is 385 g/mol. The van der Waals surface area contributed by atoms with Crippen LogP contribution in [0.1, 0.15) is 54.3 Å². The second-order valence-corrected chi connectivity index (χ2v) is 8.13. The van der Waals surface area contributed by atoms with E-state index in [1.807, 2.05) is 31.1 Å². The van der Waals surface area contributed by atoms with E-state index < -0.39 is 0 Å². The van der Waals surface area contributed by atoms with Crippen molar-refractivity contribution in [3.63, 3.8) is 0 Å². The van der Waals surface area contributed by atoms with Crippen LogP contribution < -0.4 is 10.3 Å². The number of hydrogen-bond donors (Lipinski definition) is 1. The Hall–Kier alpha value is -3.07. The van der Waals surface area contributed by atoms with Crippen LogP contribution in [0.2, 0.25) is 0 Å². The number of carbonyl (C=O) groups is 1. The van der Waals surface area contributed by atoms with Crippen molar-refractivity contribution in [2.45, 2.75) is 45.2 Å². The molecule has 5 heterocycles. The summed E-state index contributed by atoms with van der Waals surface area (Å²) in [5.74, 6) is 0.183. The van der Waals surface area contributed by atoms with E-state index in [1.54, 1.807) is 16.8 Å². The Labute approximate surface area is 173 Å². The summed E-state index contributed by atoms with van der Waals surface area (Å²) in [4.78, 5) is 24.4. The van der Waals surface area contributed by atoms with Gasteiger partial charge in [0.2, 0.25) is 0 Å². The highest BCUT2D eigenvalue weighted by Crippen LogP contribution is 2.37. The summed E-state index contributed by atoms with van der Waals surface area (Å²) in [6, 6.07) is 3.58. The lowest BCUT2D eigenvalue weighted by Gasteiger charge is -2.29. The summed E-state index contributed by atoms with van der Waals surface area (Å²) < 4.78 is 15.8. The first-order valence-corrected chi connectivity index (χ1v) is 10.3. The number of pyridine rings is 1. The van der Waals surface area contributed by atoms with Crippen molar-refractivity contribution in [2.24, 2.45) is 0 Å². The van der Waals surface area contributed by atoms with Gasteiger partial charge in [-0.05, 0) is 44.4 Å². The lowest BCUT2D eigenvalue weighted by atomic mass is 10.0. The van der Waals surface area contributed by atoms with Crippen LogP contribution in [0.4, 0.5) is 10.2 Å². The monoisotopic (exact) mass is 409 g/mol. The van der Waals surface area contributed by atoms with E-state index in [0.29, 0.717) is 24.2 Å². The molecule has 8 nitrogen and oxygen atoms in total. The number of anilines is 1. The molecule has 2 bridgehead atoms. The SMILES string of the molecule is CC(C)N1CCc2ncc(F)cc2C2CCCN2c2ccn3ncc(c3n2)C(=O)N1. The normalized spacial score (nSPS) is 19.9. The van der Waals surface area contributed by atoms with Crippen LogP contribution in [0.5, 0.6) is 0 Å². The molecule has 1 N–H and O–H groups in total. The van der Waals surface area contributed by atoms with Gasteiger partial charge in [-0.3, -0.25) is 15.2 Å².